The Hall–Kier alpha value is -3.15. The van der Waals surface area contributed by atoms with Crippen molar-refractivity contribution in [1.82, 2.24) is 0 Å². The first-order valence-electron chi connectivity index (χ1n) is 31.4. The lowest BCUT2D eigenvalue weighted by Crippen LogP contribution is -2.30. The van der Waals surface area contributed by atoms with Gasteiger partial charge in [0, 0.05) is 19.3 Å². The van der Waals surface area contributed by atoms with Crippen LogP contribution in [0, 0.1) is 0 Å². The van der Waals surface area contributed by atoms with E-state index in [1.165, 1.54) is 180 Å². The van der Waals surface area contributed by atoms with Gasteiger partial charge in [-0.1, -0.05) is 280 Å². The maximum absolute atomic E-state index is 12.9. The summed E-state index contributed by atoms with van der Waals surface area (Å²) in [5.41, 5.74) is 0. The molecule has 6 nitrogen and oxygen atoms in total. The number of rotatable bonds is 57. The van der Waals surface area contributed by atoms with Crippen molar-refractivity contribution in [2.45, 2.75) is 322 Å². The summed E-state index contributed by atoms with van der Waals surface area (Å²) in [4.78, 5) is 38.3. The predicted molar refractivity (Wildman–Crippen MR) is 316 cm³/mol. The Morgan fingerprint density at radius 2 is 0.534 bits per heavy atom. The number of unbranched alkanes of at least 4 members (excludes halogenated alkanes) is 34. The van der Waals surface area contributed by atoms with E-state index in [0.717, 1.165) is 96.3 Å². The number of esters is 3. The van der Waals surface area contributed by atoms with Crippen LogP contribution in [-0.2, 0) is 28.6 Å². The van der Waals surface area contributed by atoms with Gasteiger partial charge in [0.1, 0.15) is 13.2 Å². The molecule has 73 heavy (non-hydrogen) atoms. The zero-order valence-corrected chi connectivity index (χ0v) is 48.4. The normalized spacial score (nSPS) is 12.5. The lowest BCUT2D eigenvalue weighted by atomic mass is 10.0. The third kappa shape index (κ3) is 59.6. The van der Waals surface area contributed by atoms with Crippen LogP contribution < -0.4 is 0 Å². The fourth-order valence-corrected chi connectivity index (χ4v) is 9.00. The second-order valence-electron chi connectivity index (χ2n) is 20.9. The van der Waals surface area contributed by atoms with E-state index in [1.54, 1.807) is 0 Å². The molecule has 0 bridgehead atoms. The SMILES string of the molecule is CC/C=C\C/C=C\C/C=C\C/C=C\CCCCCCCCCCCCCCC(=O)OCC(COC(=O)CCCCCCCCCCCCCCC)OC(=O)CCCCCCCCC/C=C\C/C=C\CCCCC. The Morgan fingerprint density at radius 1 is 0.288 bits per heavy atom. The first-order chi connectivity index (χ1) is 36.0. The molecular formula is C67H118O6. The smallest absolute Gasteiger partial charge is 0.306 e. The van der Waals surface area contributed by atoms with Gasteiger partial charge < -0.3 is 14.2 Å². The molecule has 422 valence electrons. The van der Waals surface area contributed by atoms with Gasteiger partial charge in [-0.15, -0.1) is 0 Å². The second kappa shape index (κ2) is 61.4. The minimum absolute atomic E-state index is 0.0755. The highest BCUT2D eigenvalue weighted by Crippen LogP contribution is 2.17. The topological polar surface area (TPSA) is 78.9 Å². The third-order valence-electron chi connectivity index (χ3n) is 13.7. The molecule has 0 aromatic heterocycles. The van der Waals surface area contributed by atoms with Crippen molar-refractivity contribution >= 4 is 17.9 Å². The summed E-state index contributed by atoms with van der Waals surface area (Å²) < 4.78 is 16.9. The van der Waals surface area contributed by atoms with Crippen molar-refractivity contribution in [2.75, 3.05) is 13.2 Å². The van der Waals surface area contributed by atoms with E-state index in [9.17, 15) is 14.4 Å². The molecule has 0 radical (unpaired) electrons. The fraction of sp³-hybridized carbons (Fsp3) is 0.776. The van der Waals surface area contributed by atoms with Crippen molar-refractivity contribution in [3.05, 3.63) is 72.9 Å². The Bertz CT molecular complexity index is 1360. The molecule has 0 aromatic carbocycles. The van der Waals surface area contributed by atoms with Gasteiger partial charge in [-0.3, -0.25) is 14.4 Å². The van der Waals surface area contributed by atoms with E-state index in [-0.39, 0.29) is 31.1 Å². The quantitative estimate of drug-likeness (QED) is 0.0261. The van der Waals surface area contributed by atoms with Gasteiger partial charge in [-0.05, 0) is 89.9 Å². The standard InChI is InChI=1S/C67H118O6/c1-4-7-10-13-16-19-22-25-27-29-30-31-32-33-34-35-36-38-39-42-45-48-51-54-57-60-66(69)72-63-64(62-71-65(68)59-56-53-50-47-44-41-24-21-18-15-12-9-6-3)73-67(70)61-58-55-52-49-46-43-40-37-28-26-23-20-17-14-11-8-5-2/h7,10,16-17,19-20,25-28,30-31,64H,4-6,8-9,11-15,18,21-24,29,32-63H2,1-3H3/b10-7-,19-16-,20-17-,27-25-,28-26-,31-30-. The van der Waals surface area contributed by atoms with Gasteiger partial charge in [0.05, 0.1) is 0 Å². The minimum Gasteiger partial charge on any atom is -0.462 e. The maximum atomic E-state index is 12.9. The molecule has 0 spiro atoms. The summed E-state index contributed by atoms with van der Waals surface area (Å²) in [5.74, 6) is -0.871. The maximum Gasteiger partial charge on any atom is 0.306 e. The second-order valence-corrected chi connectivity index (χ2v) is 20.9. The summed E-state index contributed by atoms with van der Waals surface area (Å²) in [6.45, 7) is 6.53. The highest BCUT2D eigenvalue weighted by atomic mass is 16.6. The summed E-state index contributed by atoms with van der Waals surface area (Å²) in [7, 11) is 0. The molecule has 0 N–H and O–H groups in total. The van der Waals surface area contributed by atoms with Crippen LogP contribution in [0.3, 0.4) is 0 Å². The van der Waals surface area contributed by atoms with Crippen molar-refractivity contribution in [2.24, 2.45) is 0 Å². The van der Waals surface area contributed by atoms with Crippen LogP contribution in [0.2, 0.25) is 0 Å². The molecular weight excluding hydrogens is 901 g/mol. The van der Waals surface area contributed by atoms with E-state index in [0.29, 0.717) is 19.3 Å². The Balaban J connectivity index is 4.29. The van der Waals surface area contributed by atoms with E-state index >= 15 is 0 Å². The van der Waals surface area contributed by atoms with Crippen LogP contribution in [0.1, 0.15) is 316 Å². The van der Waals surface area contributed by atoms with Gasteiger partial charge in [0.2, 0.25) is 0 Å². The molecule has 0 fully saturated rings. The summed E-state index contributed by atoms with van der Waals surface area (Å²) >= 11 is 0. The van der Waals surface area contributed by atoms with Crippen molar-refractivity contribution < 1.29 is 28.6 Å². The number of ether oxygens (including phenoxy) is 3. The van der Waals surface area contributed by atoms with E-state index in [2.05, 4.69) is 93.7 Å². The number of hydrogen-bond acceptors (Lipinski definition) is 6. The first kappa shape index (κ1) is 69.8. The largest absolute Gasteiger partial charge is 0.462 e. The van der Waals surface area contributed by atoms with E-state index in [1.807, 2.05) is 0 Å². The molecule has 1 unspecified atom stereocenters. The number of allylic oxidation sites excluding steroid dienone is 12. The number of carbonyl (C=O) groups excluding carboxylic acids is 3. The molecule has 0 aliphatic heterocycles. The average molecular weight is 1020 g/mol. The number of carbonyl (C=O) groups is 3. The highest BCUT2D eigenvalue weighted by Gasteiger charge is 2.19. The average Bonchev–Trinajstić information content (AvgIpc) is 3.39. The van der Waals surface area contributed by atoms with Crippen LogP contribution in [0.15, 0.2) is 72.9 Å². The number of hydrogen-bond donors (Lipinski definition) is 0. The zero-order valence-electron chi connectivity index (χ0n) is 48.4. The van der Waals surface area contributed by atoms with Crippen LogP contribution in [0.4, 0.5) is 0 Å². The summed E-state index contributed by atoms with van der Waals surface area (Å²) in [6.07, 6.45) is 79.0. The van der Waals surface area contributed by atoms with E-state index in [4.69, 9.17) is 14.2 Å². The Kier molecular flexibility index (Phi) is 58.7. The summed E-state index contributed by atoms with van der Waals surface area (Å²) in [5, 5.41) is 0. The van der Waals surface area contributed by atoms with Gasteiger partial charge in [0.15, 0.2) is 6.10 Å². The molecule has 0 saturated heterocycles. The third-order valence-corrected chi connectivity index (χ3v) is 13.7. The molecule has 1 atom stereocenters. The van der Waals surface area contributed by atoms with Crippen LogP contribution in [0.5, 0.6) is 0 Å². The molecule has 0 amide bonds. The van der Waals surface area contributed by atoms with Crippen molar-refractivity contribution in [3.63, 3.8) is 0 Å². The van der Waals surface area contributed by atoms with E-state index < -0.39 is 6.10 Å². The van der Waals surface area contributed by atoms with Crippen LogP contribution in [0.25, 0.3) is 0 Å². The Morgan fingerprint density at radius 3 is 0.863 bits per heavy atom. The van der Waals surface area contributed by atoms with Crippen LogP contribution >= 0.6 is 0 Å². The van der Waals surface area contributed by atoms with Gasteiger partial charge in [-0.25, -0.2) is 0 Å². The van der Waals surface area contributed by atoms with Crippen molar-refractivity contribution in [1.29, 1.82) is 0 Å². The van der Waals surface area contributed by atoms with Crippen LogP contribution in [-0.4, -0.2) is 37.2 Å². The van der Waals surface area contributed by atoms with Gasteiger partial charge in [0.25, 0.3) is 0 Å². The molecule has 6 heteroatoms. The Labute approximate surface area is 453 Å². The molecule has 0 aliphatic carbocycles. The monoisotopic (exact) mass is 1020 g/mol. The molecule has 0 aliphatic rings. The fourth-order valence-electron chi connectivity index (χ4n) is 9.00. The van der Waals surface area contributed by atoms with Gasteiger partial charge in [-0.2, -0.15) is 0 Å². The molecule has 0 aromatic rings. The lowest BCUT2D eigenvalue weighted by Gasteiger charge is -2.18. The minimum atomic E-state index is -0.779. The van der Waals surface area contributed by atoms with Crippen molar-refractivity contribution in [3.8, 4) is 0 Å². The molecule has 0 rings (SSSR count). The zero-order chi connectivity index (χ0) is 52.9. The lowest BCUT2D eigenvalue weighted by molar-refractivity contribution is -0.167. The molecule has 0 heterocycles. The summed E-state index contributed by atoms with van der Waals surface area (Å²) in [6, 6.07) is 0. The molecule has 0 saturated carbocycles. The first-order valence-corrected chi connectivity index (χ1v) is 31.4. The highest BCUT2D eigenvalue weighted by molar-refractivity contribution is 5.71. The predicted octanol–water partition coefficient (Wildman–Crippen LogP) is 21.3. The van der Waals surface area contributed by atoms with Gasteiger partial charge >= 0.3 is 17.9 Å².